The second-order valence-corrected chi connectivity index (χ2v) is 2.97. The minimum absolute atomic E-state index is 0.0157. The van der Waals surface area contributed by atoms with Gasteiger partial charge in [-0.2, -0.15) is 0 Å². The maximum atomic E-state index is 10.9. The van der Waals surface area contributed by atoms with E-state index in [0.717, 1.165) is 19.4 Å². The molecule has 0 bridgehead atoms. The molecule has 0 spiro atoms. The molecule has 4 nitrogen and oxygen atoms in total. The van der Waals surface area contributed by atoms with Crippen molar-refractivity contribution in [2.75, 3.05) is 13.1 Å². The fourth-order valence-corrected chi connectivity index (χ4v) is 0.695. The standard InChI is InChI=1S/C8H19N3O/c1-3-4-5-10-8(12)11-6-7(2)9/h7H,3-6,9H2,1-2H3,(H2,10,11,12). The molecule has 0 aliphatic heterocycles. The van der Waals surface area contributed by atoms with Gasteiger partial charge in [-0.05, 0) is 13.3 Å². The third-order valence-electron chi connectivity index (χ3n) is 1.40. The van der Waals surface area contributed by atoms with Gasteiger partial charge in [0.25, 0.3) is 0 Å². The molecule has 72 valence electrons. The number of hydrogen-bond acceptors (Lipinski definition) is 2. The smallest absolute Gasteiger partial charge is 0.314 e. The van der Waals surface area contributed by atoms with E-state index in [2.05, 4.69) is 17.6 Å². The van der Waals surface area contributed by atoms with Crippen molar-refractivity contribution in [2.45, 2.75) is 32.7 Å². The highest BCUT2D eigenvalue weighted by molar-refractivity contribution is 5.73. The Morgan fingerprint density at radius 3 is 2.67 bits per heavy atom. The van der Waals surface area contributed by atoms with E-state index in [1.54, 1.807) is 0 Å². The summed E-state index contributed by atoms with van der Waals surface area (Å²) < 4.78 is 0. The summed E-state index contributed by atoms with van der Waals surface area (Å²) in [6, 6.07) is -0.109. The van der Waals surface area contributed by atoms with Gasteiger partial charge in [-0.25, -0.2) is 4.79 Å². The van der Waals surface area contributed by atoms with Crippen molar-refractivity contribution in [1.82, 2.24) is 10.6 Å². The molecule has 4 N–H and O–H groups in total. The second-order valence-electron chi connectivity index (χ2n) is 2.97. The Balaban J connectivity index is 3.22. The number of hydrogen-bond donors (Lipinski definition) is 3. The SMILES string of the molecule is CCCCNC(=O)NCC(C)N. The topological polar surface area (TPSA) is 67.2 Å². The second kappa shape index (κ2) is 6.91. The largest absolute Gasteiger partial charge is 0.338 e. The van der Waals surface area contributed by atoms with E-state index in [-0.39, 0.29) is 12.1 Å². The molecule has 0 radical (unpaired) electrons. The van der Waals surface area contributed by atoms with Crippen LogP contribution >= 0.6 is 0 Å². The average Bonchev–Trinajstić information content (AvgIpc) is 2.01. The lowest BCUT2D eigenvalue weighted by atomic mass is 10.3. The van der Waals surface area contributed by atoms with Crippen LogP contribution < -0.4 is 16.4 Å². The normalized spacial score (nSPS) is 12.2. The van der Waals surface area contributed by atoms with Crippen LogP contribution in [0.25, 0.3) is 0 Å². The predicted molar refractivity (Wildman–Crippen MR) is 50.0 cm³/mol. The molecule has 0 heterocycles. The van der Waals surface area contributed by atoms with Crippen molar-refractivity contribution in [3.05, 3.63) is 0 Å². The highest BCUT2D eigenvalue weighted by Gasteiger charge is 1.99. The Labute approximate surface area is 73.9 Å². The lowest BCUT2D eigenvalue weighted by Crippen LogP contribution is -2.41. The van der Waals surface area contributed by atoms with Crippen LogP contribution in [0.2, 0.25) is 0 Å². The van der Waals surface area contributed by atoms with E-state index in [0.29, 0.717) is 6.54 Å². The lowest BCUT2D eigenvalue weighted by molar-refractivity contribution is 0.240. The first-order valence-corrected chi connectivity index (χ1v) is 4.44. The summed E-state index contributed by atoms with van der Waals surface area (Å²) in [5.74, 6) is 0. The summed E-state index contributed by atoms with van der Waals surface area (Å²) in [6.07, 6.45) is 2.11. The molecule has 2 amide bonds. The van der Waals surface area contributed by atoms with Crippen LogP contribution in [0.15, 0.2) is 0 Å². The number of urea groups is 1. The van der Waals surface area contributed by atoms with Gasteiger partial charge in [0.1, 0.15) is 0 Å². The summed E-state index contributed by atoms with van der Waals surface area (Å²) >= 11 is 0. The van der Waals surface area contributed by atoms with E-state index in [1.807, 2.05) is 6.92 Å². The van der Waals surface area contributed by atoms with Crippen molar-refractivity contribution >= 4 is 6.03 Å². The van der Waals surface area contributed by atoms with Crippen LogP contribution in [0.1, 0.15) is 26.7 Å². The van der Waals surface area contributed by atoms with Gasteiger partial charge in [0.05, 0.1) is 0 Å². The first kappa shape index (κ1) is 11.2. The fraction of sp³-hybridized carbons (Fsp3) is 0.875. The summed E-state index contributed by atoms with van der Waals surface area (Å²) in [6.45, 7) is 5.20. The predicted octanol–water partition coefficient (Wildman–Crippen LogP) is 0.433. The minimum atomic E-state index is -0.124. The summed E-state index contributed by atoms with van der Waals surface area (Å²) in [5, 5.41) is 5.40. The number of unbranched alkanes of at least 4 members (excludes halogenated alkanes) is 1. The highest BCUT2D eigenvalue weighted by atomic mass is 16.2. The maximum absolute atomic E-state index is 10.9. The van der Waals surface area contributed by atoms with Gasteiger partial charge in [-0.15, -0.1) is 0 Å². The monoisotopic (exact) mass is 173 g/mol. The summed E-state index contributed by atoms with van der Waals surface area (Å²) in [5.41, 5.74) is 5.45. The average molecular weight is 173 g/mol. The van der Waals surface area contributed by atoms with E-state index in [9.17, 15) is 4.79 Å². The van der Waals surface area contributed by atoms with Gasteiger partial charge in [-0.3, -0.25) is 0 Å². The minimum Gasteiger partial charge on any atom is -0.338 e. The number of carbonyl (C=O) groups excluding carboxylic acids is 1. The van der Waals surface area contributed by atoms with Crippen LogP contribution in [0.3, 0.4) is 0 Å². The van der Waals surface area contributed by atoms with E-state index < -0.39 is 0 Å². The zero-order valence-electron chi connectivity index (χ0n) is 7.89. The van der Waals surface area contributed by atoms with Gasteiger partial charge in [-0.1, -0.05) is 13.3 Å². The molecular weight excluding hydrogens is 154 g/mol. The third kappa shape index (κ3) is 7.34. The number of nitrogens with one attached hydrogen (secondary N) is 2. The van der Waals surface area contributed by atoms with Crippen molar-refractivity contribution in [3.63, 3.8) is 0 Å². The third-order valence-corrected chi connectivity index (χ3v) is 1.40. The molecule has 0 aromatic rings. The Bertz CT molecular complexity index is 125. The first-order chi connectivity index (χ1) is 5.66. The summed E-state index contributed by atoms with van der Waals surface area (Å²) in [7, 11) is 0. The number of rotatable bonds is 5. The molecule has 0 saturated heterocycles. The quantitative estimate of drug-likeness (QED) is 0.528. The number of nitrogens with two attached hydrogens (primary N) is 1. The Kier molecular flexibility index (Phi) is 6.47. The maximum Gasteiger partial charge on any atom is 0.314 e. The molecular formula is C8H19N3O. The molecule has 0 rings (SSSR count). The fourth-order valence-electron chi connectivity index (χ4n) is 0.695. The van der Waals surface area contributed by atoms with Gasteiger partial charge >= 0.3 is 6.03 Å². The molecule has 1 unspecified atom stereocenters. The Morgan fingerprint density at radius 2 is 2.17 bits per heavy atom. The molecule has 0 saturated carbocycles. The molecule has 0 aliphatic carbocycles. The number of carbonyl (C=O) groups is 1. The molecule has 0 aromatic heterocycles. The lowest BCUT2D eigenvalue weighted by Gasteiger charge is -2.08. The van der Waals surface area contributed by atoms with Crippen LogP contribution in [-0.4, -0.2) is 25.2 Å². The van der Waals surface area contributed by atoms with Crippen LogP contribution in [-0.2, 0) is 0 Å². The zero-order chi connectivity index (χ0) is 9.40. The van der Waals surface area contributed by atoms with Crippen molar-refractivity contribution in [3.8, 4) is 0 Å². The van der Waals surface area contributed by atoms with E-state index >= 15 is 0 Å². The van der Waals surface area contributed by atoms with Crippen molar-refractivity contribution in [2.24, 2.45) is 5.73 Å². The first-order valence-electron chi connectivity index (χ1n) is 4.44. The zero-order valence-corrected chi connectivity index (χ0v) is 7.89. The molecule has 12 heavy (non-hydrogen) atoms. The molecule has 0 aliphatic rings. The number of amides is 2. The Hall–Kier alpha value is -0.770. The van der Waals surface area contributed by atoms with Gasteiger partial charge in [0.2, 0.25) is 0 Å². The van der Waals surface area contributed by atoms with Crippen molar-refractivity contribution < 1.29 is 4.79 Å². The molecule has 4 heteroatoms. The van der Waals surface area contributed by atoms with E-state index in [4.69, 9.17) is 5.73 Å². The highest BCUT2D eigenvalue weighted by Crippen LogP contribution is 1.81. The molecule has 0 aromatic carbocycles. The molecule has 0 fully saturated rings. The van der Waals surface area contributed by atoms with Crippen molar-refractivity contribution in [1.29, 1.82) is 0 Å². The van der Waals surface area contributed by atoms with Gasteiger partial charge < -0.3 is 16.4 Å². The van der Waals surface area contributed by atoms with Crippen LogP contribution in [0.5, 0.6) is 0 Å². The summed E-state index contributed by atoms with van der Waals surface area (Å²) in [4.78, 5) is 10.9. The van der Waals surface area contributed by atoms with Crippen LogP contribution in [0.4, 0.5) is 4.79 Å². The van der Waals surface area contributed by atoms with E-state index in [1.165, 1.54) is 0 Å². The van der Waals surface area contributed by atoms with Gasteiger partial charge in [0.15, 0.2) is 0 Å². The van der Waals surface area contributed by atoms with Gasteiger partial charge in [0, 0.05) is 19.1 Å². The molecule has 1 atom stereocenters. The Morgan fingerprint density at radius 1 is 1.50 bits per heavy atom. The van der Waals surface area contributed by atoms with Crippen LogP contribution in [0, 0.1) is 0 Å².